The molecule has 1 amide bonds. The molecule has 2 unspecified atom stereocenters. The quantitative estimate of drug-likeness (QED) is 0.294. The van der Waals surface area contributed by atoms with Crippen molar-refractivity contribution >= 4 is 18.7 Å². The Bertz CT molecular complexity index is 1630. The van der Waals surface area contributed by atoms with E-state index in [4.69, 9.17) is 14.3 Å². The Morgan fingerprint density at radius 3 is 2.34 bits per heavy atom. The second kappa shape index (κ2) is 19.5. The van der Waals surface area contributed by atoms with E-state index in [0.717, 1.165) is 88.6 Å². The lowest BCUT2D eigenvalue weighted by Gasteiger charge is -2.58. The van der Waals surface area contributed by atoms with Crippen molar-refractivity contribution in [3.63, 3.8) is 0 Å². The van der Waals surface area contributed by atoms with Crippen molar-refractivity contribution in [2.24, 2.45) is 11.3 Å². The molecule has 2 saturated heterocycles. The number of alkyl halides is 1. The van der Waals surface area contributed by atoms with Crippen LogP contribution < -0.4 is 15.0 Å². The van der Waals surface area contributed by atoms with Gasteiger partial charge in [-0.25, -0.2) is 14.2 Å². The number of fused-ring (bicyclic) bond motifs is 1. The third kappa shape index (κ3) is 11.8. The Hall–Kier alpha value is -3.97. The number of ether oxygens (including phenoxy) is 2. The summed E-state index contributed by atoms with van der Waals surface area (Å²) in [5.74, 6) is 2.35. The lowest BCUT2D eigenvalue weighted by molar-refractivity contribution is -0.0980. The molecule has 0 bridgehead atoms. The number of carbonyl (C=O) groups is 2. The van der Waals surface area contributed by atoms with Gasteiger partial charge in [-0.15, -0.1) is 5.10 Å². The molecule has 5 heterocycles. The van der Waals surface area contributed by atoms with E-state index >= 15 is 0 Å². The fourth-order valence-corrected chi connectivity index (χ4v) is 7.93. The van der Waals surface area contributed by atoms with E-state index in [9.17, 15) is 9.18 Å². The number of aromatic nitrogens is 4. The lowest BCUT2D eigenvalue weighted by Crippen LogP contribution is -2.65. The van der Waals surface area contributed by atoms with Gasteiger partial charge in [-0.1, -0.05) is 39.3 Å². The molecule has 310 valence electrons. The van der Waals surface area contributed by atoms with E-state index in [0.29, 0.717) is 29.8 Å². The molecule has 2 aromatic heterocycles. The highest BCUT2D eigenvalue weighted by Crippen LogP contribution is 2.51. The summed E-state index contributed by atoms with van der Waals surface area (Å²) >= 11 is 0. The summed E-state index contributed by atoms with van der Waals surface area (Å²) in [6.45, 7) is 25.4. The first kappa shape index (κ1) is 44.7. The molecule has 1 N–H and O–H groups in total. The van der Waals surface area contributed by atoms with E-state index in [1.165, 1.54) is 23.0 Å². The Kier molecular flexibility index (Phi) is 15.5. The van der Waals surface area contributed by atoms with Crippen LogP contribution in [0.2, 0.25) is 0 Å². The van der Waals surface area contributed by atoms with Crippen molar-refractivity contribution < 1.29 is 23.5 Å². The van der Waals surface area contributed by atoms with Gasteiger partial charge in [0.25, 0.3) is 0 Å². The van der Waals surface area contributed by atoms with Gasteiger partial charge < -0.3 is 29.4 Å². The normalized spacial score (nSPS) is 22.1. The fraction of sp³-hybridized carbons (Fsp3) is 0.674. The van der Waals surface area contributed by atoms with Crippen LogP contribution in [0.3, 0.4) is 0 Å². The summed E-state index contributed by atoms with van der Waals surface area (Å²) in [7, 11) is 1.95. The molecule has 56 heavy (non-hydrogen) atoms. The Morgan fingerprint density at radius 2 is 1.77 bits per heavy atom. The summed E-state index contributed by atoms with van der Waals surface area (Å²) in [6, 6.07) is 3.05. The van der Waals surface area contributed by atoms with Crippen LogP contribution >= 0.6 is 0 Å². The van der Waals surface area contributed by atoms with Gasteiger partial charge in [0.05, 0.1) is 6.20 Å². The van der Waals surface area contributed by atoms with Crippen molar-refractivity contribution in [3.8, 4) is 5.75 Å². The van der Waals surface area contributed by atoms with Gasteiger partial charge >= 0.3 is 6.09 Å². The van der Waals surface area contributed by atoms with Crippen LogP contribution in [-0.2, 0) is 22.5 Å². The maximum absolute atomic E-state index is 13.5. The first-order valence-corrected chi connectivity index (χ1v) is 20.3. The van der Waals surface area contributed by atoms with Gasteiger partial charge in [0.1, 0.15) is 36.2 Å². The smallest absolute Gasteiger partial charge is 0.410 e. The zero-order valence-electron chi connectivity index (χ0n) is 35.6. The SMILES string of the molecule is C=O.CC(C1CN(C(=O)OC(C)(C)C)C1)N1CCc2nccc(OC3CC4(C3)CN(c3cnncn3)C4)c2C1.CCC1=C(CC)CC(C)(F)C=C1.CNC(C)C. The molecular formula is C43H67FN8O4. The molecule has 2 aromatic rings. The van der Waals surface area contributed by atoms with Crippen molar-refractivity contribution in [2.75, 3.05) is 44.7 Å². The standard InChI is InChI=1S/C27H37N7O3.C11H17F.C4H11N.CH2O/c1-18(19-12-33(13-19)25(35)37-26(2,3)4)32-8-6-22-21(14-32)23(5-7-28-22)36-20-9-27(10-20)15-34(16-27)24-11-30-31-17-29-24;1-4-9-6-7-11(3,12)8-10(9)5-2;1-4(2)5-3;1-2/h5,7,11,17-20H,6,8-10,12-16H2,1-4H3;6-7H,4-5,8H2,1-3H3;4-5H,1-3H3;1H2. The van der Waals surface area contributed by atoms with E-state index in [1.807, 2.05) is 57.8 Å². The molecule has 5 aliphatic rings. The highest BCUT2D eigenvalue weighted by Gasteiger charge is 2.54. The summed E-state index contributed by atoms with van der Waals surface area (Å²) in [5.41, 5.74) is 3.77. The zero-order valence-corrected chi connectivity index (χ0v) is 35.6. The number of amides is 1. The molecular weight excluding hydrogens is 712 g/mol. The number of hydrogen-bond donors (Lipinski definition) is 1. The minimum absolute atomic E-state index is 0.207. The van der Waals surface area contributed by atoms with Crippen LogP contribution in [0, 0.1) is 11.3 Å². The molecule has 0 radical (unpaired) electrons. The average Bonchev–Trinajstić information content (AvgIpc) is 3.11. The Morgan fingerprint density at radius 1 is 1.09 bits per heavy atom. The molecule has 1 saturated carbocycles. The predicted octanol–water partition coefficient (Wildman–Crippen LogP) is 7.15. The maximum atomic E-state index is 13.5. The summed E-state index contributed by atoms with van der Waals surface area (Å²) in [4.78, 5) is 35.9. The maximum Gasteiger partial charge on any atom is 0.410 e. The van der Waals surface area contributed by atoms with Gasteiger partial charge in [-0.2, -0.15) is 5.10 Å². The molecule has 7 rings (SSSR count). The van der Waals surface area contributed by atoms with Crippen LogP contribution in [0.4, 0.5) is 15.0 Å². The molecule has 3 aliphatic heterocycles. The second-order valence-electron chi connectivity index (χ2n) is 17.4. The predicted molar refractivity (Wildman–Crippen MR) is 219 cm³/mol. The lowest BCUT2D eigenvalue weighted by atomic mass is 9.62. The van der Waals surface area contributed by atoms with Gasteiger partial charge in [0.15, 0.2) is 5.82 Å². The molecule has 1 spiro atoms. The van der Waals surface area contributed by atoms with Crippen LogP contribution in [0.1, 0.15) is 106 Å². The van der Waals surface area contributed by atoms with Gasteiger partial charge in [-0.05, 0) is 85.1 Å². The summed E-state index contributed by atoms with van der Waals surface area (Å²) < 4.78 is 25.6. The highest BCUT2D eigenvalue weighted by molar-refractivity contribution is 5.69. The molecule has 12 nitrogen and oxygen atoms in total. The molecule has 13 heteroatoms. The first-order valence-electron chi connectivity index (χ1n) is 20.3. The molecule has 2 atom stereocenters. The third-order valence-corrected chi connectivity index (χ3v) is 11.4. The number of anilines is 1. The summed E-state index contributed by atoms with van der Waals surface area (Å²) in [6.07, 6.45) is 14.5. The van der Waals surface area contributed by atoms with Crippen LogP contribution in [0.15, 0.2) is 48.1 Å². The number of carbonyl (C=O) groups excluding carboxylic acids is 2. The van der Waals surface area contributed by atoms with Crippen LogP contribution in [0.25, 0.3) is 0 Å². The number of hydrogen-bond acceptors (Lipinski definition) is 11. The van der Waals surface area contributed by atoms with E-state index < -0.39 is 11.3 Å². The van der Waals surface area contributed by atoms with Crippen LogP contribution in [0.5, 0.6) is 5.75 Å². The Balaban J connectivity index is 0.000000304. The fourth-order valence-electron chi connectivity index (χ4n) is 7.93. The Labute approximate surface area is 334 Å². The second-order valence-corrected chi connectivity index (χ2v) is 17.4. The molecule has 2 aliphatic carbocycles. The monoisotopic (exact) mass is 779 g/mol. The van der Waals surface area contributed by atoms with Crippen molar-refractivity contribution in [1.29, 1.82) is 0 Å². The molecule has 0 aromatic carbocycles. The summed E-state index contributed by atoms with van der Waals surface area (Å²) in [5, 5.41) is 10.7. The van der Waals surface area contributed by atoms with Crippen molar-refractivity contribution in [3.05, 3.63) is 59.3 Å². The van der Waals surface area contributed by atoms with E-state index in [1.54, 1.807) is 19.2 Å². The van der Waals surface area contributed by atoms with E-state index in [-0.39, 0.29) is 12.2 Å². The zero-order chi connectivity index (χ0) is 41.3. The van der Waals surface area contributed by atoms with Crippen molar-refractivity contribution in [1.82, 2.24) is 35.3 Å². The van der Waals surface area contributed by atoms with Crippen LogP contribution in [-0.4, -0.2) is 112 Å². The average molecular weight is 779 g/mol. The third-order valence-electron chi connectivity index (χ3n) is 11.4. The largest absolute Gasteiger partial charge is 0.490 e. The highest BCUT2D eigenvalue weighted by atomic mass is 19.1. The van der Waals surface area contributed by atoms with Gasteiger partial charge in [0, 0.05) is 93.0 Å². The van der Waals surface area contributed by atoms with Gasteiger partial charge in [0.2, 0.25) is 0 Å². The minimum atomic E-state index is -1.11. The minimum Gasteiger partial charge on any atom is -0.490 e. The number of nitrogens with zero attached hydrogens (tertiary/aromatic N) is 7. The number of nitrogens with one attached hydrogen (secondary N) is 1. The van der Waals surface area contributed by atoms with Gasteiger partial charge in [-0.3, -0.25) is 9.88 Å². The molecule has 3 fully saturated rings. The number of likely N-dealkylation sites (tertiary alicyclic amines) is 1. The van der Waals surface area contributed by atoms with E-state index in [2.05, 4.69) is 69.9 Å². The topological polar surface area (TPSA) is 126 Å². The number of pyridine rings is 1. The number of rotatable bonds is 8. The number of allylic oxidation sites excluding steroid dienone is 4. The number of halogens is 1. The first-order chi connectivity index (χ1) is 26.5. The van der Waals surface area contributed by atoms with Crippen molar-refractivity contribution in [2.45, 2.75) is 137 Å².